The first-order valence-electron chi connectivity index (χ1n) is 7.50. The van der Waals surface area contributed by atoms with Crippen molar-refractivity contribution >= 4 is 41.5 Å². The molecule has 0 aliphatic heterocycles. The minimum absolute atomic E-state index is 0. The van der Waals surface area contributed by atoms with Crippen molar-refractivity contribution in [1.29, 1.82) is 5.26 Å². The zero-order chi connectivity index (χ0) is 17.4. The molecule has 0 aromatic heterocycles. The summed E-state index contributed by atoms with van der Waals surface area (Å²) < 4.78 is 13.7. The van der Waals surface area contributed by atoms with E-state index in [-0.39, 0.29) is 36.3 Å². The molecule has 0 aliphatic rings. The molecule has 0 heterocycles. The molecule has 0 fully saturated rings. The van der Waals surface area contributed by atoms with Gasteiger partial charge in [-0.3, -0.25) is 4.99 Å². The van der Waals surface area contributed by atoms with Gasteiger partial charge in [-0.05, 0) is 42.3 Å². The summed E-state index contributed by atoms with van der Waals surface area (Å²) >= 11 is 5.86. The molecule has 2 aromatic carbocycles. The second-order valence-electron chi connectivity index (χ2n) is 5.15. The molecule has 2 aromatic rings. The summed E-state index contributed by atoms with van der Waals surface area (Å²) in [5, 5.41) is 15.8. The SMILES string of the molecule is CN=C(NCCc1ccc(Cl)cc1)NCc1cc(C#N)ccc1F.I. The second kappa shape index (κ2) is 10.9. The van der Waals surface area contributed by atoms with Crippen molar-refractivity contribution in [3.05, 3.63) is 70.0 Å². The fourth-order valence-corrected chi connectivity index (χ4v) is 2.28. The van der Waals surface area contributed by atoms with Gasteiger partial charge in [0.2, 0.25) is 0 Å². The van der Waals surface area contributed by atoms with Gasteiger partial charge < -0.3 is 10.6 Å². The Morgan fingerprint density at radius 1 is 1.20 bits per heavy atom. The largest absolute Gasteiger partial charge is 0.356 e. The number of nitrogens with zero attached hydrogens (tertiary/aromatic N) is 2. The van der Waals surface area contributed by atoms with Crippen LogP contribution in [0.3, 0.4) is 0 Å². The molecule has 0 aliphatic carbocycles. The van der Waals surface area contributed by atoms with Gasteiger partial charge in [0, 0.05) is 30.7 Å². The zero-order valence-electron chi connectivity index (χ0n) is 13.7. The van der Waals surface area contributed by atoms with Crippen molar-refractivity contribution in [2.75, 3.05) is 13.6 Å². The van der Waals surface area contributed by atoms with Crippen molar-refractivity contribution in [3.63, 3.8) is 0 Å². The summed E-state index contributed by atoms with van der Waals surface area (Å²) in [4.78, 5) is 4.11. The van der Waals surface area contributed by atoms with Crippen molar-refractivity contribution in [3.8, 4) is 6.07 Å². The molecule has 0 amide bonds. The van der Waals surface area contributed by atoms with E-state index in [0.717, 1.165) is 12.0 Å². The first-order chi connectivity index (χ1) is 11.6. The van der Waals surface area contributed by atoms with Gasteiger partial charge in [0.25, 0.3) is 0 Å². The molecule has 0 saturated carbocycles. The maximum atomic E-state index is 13.7. The predicted octanol–water partition coefficient (Wildman–Crippen LogP) is 3.88. The lowest BCUT2D eigenvalue weighted by Gasteiger charge is -2.12. The average molecular weight is 473 g/mol. The molecule has 0 spiro atoms. The summed E-state index contributed by atoms with van der Waals surface area (Å²) in [5.74, 6) is 0.226. The summed E-state index contributed by atoms with van der Waals surface area (Å²) in [6.45, 7) is 0.935. The fourth-order valence-electron chi connectivity index (χ4n) is 2.16. The van der Waals surface area contributed by atoms with Crippen LogP contribution in [0.5, 0.6) is 0 Å². The van der Waals surface area contributed by atoms with Crippen LogP contribution >= 0.6 is 35.6 Å². The lowest BCUT2D eigenvalue weighted by molar-refractivity contribution is 0.604. The molecule has 7 heteroatoms. The van der Waals surface area contributed by atoms with Gasteiger partial charge in [-0.1, -0.05) is 23.7 Å². The highest BCUT2D eigenvalue weighted by atomic mass is 127. The van der Waals surface area contributed by atoms with Crippen molar-refractivity contribution in [2.45, 2.75) is 13.0 Å². The van der Waals surface area contributed by atoms with Crippen LogP contribution in [0.15, 0.2) is 47.5 Å². The Morgan fingerprint density at radius 2 is 1.92 bits per heavy atom. The Hall–Kier alpha value is -1.85. The normalized spacial score (nSPS) is 10.6. The lowest BCUT2D eigenvalue weighted by atomic mass is 10.1. The van der Waals surface area contributed by atoms with E-state index < -0.39 is 0 Å². The van der Waals surface area contributed by atoms with Crippen LogP contribution in [0.25, 0.3) is 0 Å². The van der Waals surface area contributed by atoms with Crippen LogP contribution in [-0.4, -0.2) is 19.6 Å². The first-order valence-corrected chi connectivity index (χ1v) is 7.87. The number of guanidine groups is 1. The summed E-state index contributed by atoms with van der Waals surface area (Å²) in [7, 11) is 1.65. The van der Waals surface area contributed by atoms with Gasteiger partial charge in [0.15, 0.2) is 5.96 Å². The number of halogens is 3. The van der Waals surface area contributed by atoms with E-state index in [4.69, 9.17) is 16.9 Å². The third-order valence-corrected chi connectivity index (χ3v) is 3.72. The second-order valence-corrected chi connectivity index (χ2v) is 5.58. The van der Waals surface area contributed by atoms with Crippen LogP contribution in [-0.2, 0) is 13.0 Å². The van der Waals surface area contributed by atoms with Gasteiger partial charge in [0.05, 0.1) is 11.6 Å². The van der Waals surface area contributed by atoms with Gasteiger partial charge in [-0.15, -0.1) is 24.0 Å². The molecule has 2 N–H and O–H groups in total. The van der Waals surface area contributed by atoms with E-state index in [1.807, 2.05) is 30.3 Å². The summed E-state index contributed by atoms with van der Waals surface area (Å²) in [6.07, 6.45) is 0.816. The Balaban J connectivity index is 0.00000312. The van der Waals surface area contributed by atoms with E-state index in [1.54, 1.807) is 7.05 Å². The van der Waals surface area contributed by atoms with Crippen LogP contribution in [0.1, 0.15) is 16.7 Å². The van der Waals surface area contributed by atoms with E-state index in [0.29, 0.717) is 28.7 Å². The Kier molecular flexibility index (Phi) is 9.24. The van der Waals surface area contributed by atoms with E-state index in [9.17, 15) is 4.39 Å². The highest BCUT2D eigenvalue weighted by Crippen LogP contribution is 2.10. The van der Waals surface area contributed by atoms with Crippen molar-refractivity contribution < 1.29 is 4.39 Å². The quantitative estimate of drug-likeness (QED) is 0.394. The molecular formula is C18H19ClFIN4. The number of benzene rings is 2. The minimum Gasteiger partial charge on any atom is -0.356 e. The number of hydrogen-bond acceptors (Lipinski definition) is 2. The number of hydrogen-bond donors (Lipinski definition) is 2. The summed E-state index contributed by atoms with van der Waals surface area (Å²) in [5.41, 5.74) is 2.02. The van der Waals surface area contributed by atoms with Crippen LogP contribution in [0, 0.1) is 17.1 Å². The predicted molar refractivity (Wildman–Crippen MR) is 110 cm³/mol. The molecule has 0 unspecified atom stereocenters. The minimum atomic E-state index is -0.349. The molecule has 0 saturated heterocycles. The Labute approximate surface area is 169 Å². The molecule has 2 rings (SSSR count). The molecule has 132 valence electrons. The number of nitriles is 1. The average Bonchev–Trinajstić information content (AvgIpc) is 2.60. The molecular weight excluding hydrogens is 454 g/mol. The van der Waals surface area contributed by atoms with E-state index in [1.165, 1.54) is 18.2 Å². The summed E-state index contributed by atoms with van der Waals surface area (Å²) in [6, 6.07) is 14.0. The maximum absolute atomic E-state index is 13.7. The van der Waals surface area contributed by atoms with Gasteiger partial charge >= 0.3 is 0 Å². The molecule has 0 atom stereocenters. The maximum Gasteiger partial charge on any atom is 0.191 e. The van der Waals surface area contributed by atoms with Gasteiger partial charge in [0.1, 0.15) is 5.82 Å². The third-order valence-electron chi connectivity index (χ3n) is 3.46. The fraction of sp³-hybridized carbons (Fsp3) is 0.222. The molecule has 25 heavy (non-hydrogen) atoms. The van der Waals surface area contributed by atoms with Gasteiger partial charge in [-0.2, -0.15) is 5.26 Å². The third kappa shape index (κ3) is 6.88. The Morgan fingerprint density at radius 3 is 2.56 bits per heavy atom. The number of nitrogens with one attached hydrogen (secondary N) is 2. The monoisotopic (exact) mass is 472 g/mol. The highest BCUT2D eigenvalue weighted by molar-refractivity contribution is 14.0. The van der Waals surface area contributed by atoms with E-state index >= 15 is 0 Å². The van der Waals surface area contributed by atoms with Crippen LogP contribution in [0.4, 0.5) is 4.39 Å². The highest BCUT2D eigenvalue weighted by Gasteiger charge is 2.05. The Bertz CT molecular complexity index is 757. The molecule has 0 bridgehead atoms. The molecule has 4 nitrogen and oxygen atoms in total. The standard InChI is InChI=1S/C18H18ClFN4.HI/c1-22-18(23-9-8-13-2-5-16(19)6-3-13)24-12-15-10-14(11-21)4-7-17(15)20;/h2-7,10H,8-9,12H2,1H3,(H2,22,23,24);1H. The topological polar surface area (TPSA) is 60.2 Å². The van der Waals surface area contributed by atoms with Crippen LogP contribution < -0.4 is 10.6 Å². The van der Waals surface area contributed by atoms with Crippen molar-refractivity contribution in [1.82, 2.24) is 10.6 Å². The first kappa shape index (κ1) is 21.2. The van der Waals surface area contributed by atoms with Crippen molar-refractivity contribution in [2.24, 2.45) is 4.99 Å². The van der Waals surface area contributed by atoms with Gasteiger partial charge in [-0.25, -0.2) is 4.39 Å². The lowest BCUT2D eigenvalue weighted by Crippen LogP contribution is -2.38. The number of rotatable bonds is 5. The zero-order valence-corrected chi connectivity index (χ0v) is 16.8. The smallest absolute Gasteiger partial charge is 0.191 e. The molecule has 0 radical (unpaired) electrons. The number of aliphatic imine (C=N–C) groups is 1. The van der Waals surface area contributed by atoms with E-state index in [2.05, 4.69) is 15.6 Å². The van der Waals surface area contributed by atoms with Crippen LogP contribution in [0.2, 0.25) is 5.02 Å².